The SMILES string of the molecule is CCN(CC)C(=O)N[C@H]1CC2c3cccc4[nH]cc(c34)C[C@H]2N(C)C1. The Labute approximate surface area is 149 Å². The van der Waals surface area contributed by atoms with Crippen LogP contribution in [0.25, 0.3) is 10.9 Å². The molecular formula is C20H28N4O. The molecule has 0 radical (unpaired) electrons. The molecule has 25 heavy (non-hydrogen) atoms. The van der Waals surface area contributed by atoms with Gasteiger partial charge in [-0.25, -0.2) is 4.79 Å². The van der Waals surface area contributed by atoms with Gasteiger partial charge < -0.3 is 20.1 Å². The third-order valence-corrected chi connectivity index (χ3v) is 6.10. The number of nitrogens with one attached hydrogen (secondary N) is 2. The lowest BCUT2D eigenvalue weighted by molar-refractivity contribution is 0.124. The summed E-state index contributed by atoms with van der Waals surface area (Å²) in [5.41, 5.74) is 4.12. The second-order valence-corrected chi connectivity index (χ2v) is 7.46. The van der Waals surface area contributed by atoms with E-state index in [0.717, 1.165) is 32.5 Å². The summed E-state index contributed by atoms with van der Waals surface area (Å²) in [5.74, 6) is 0.479. The van der Waals surface area contributed by atoms with Crippen LogP contribution in [0.15, 0.2) is 24.4 Å². The second-order valence-electron chi connectivity index (χ2n) is 7.46. The molecule has 1 saturated heterocycles. The van der Waals surface area contributed by atoms with Crippen molar-refractivity contribution in [2.24, 2.45) is 0 Å². The number of aromatic nitrogens is 1. The first-order valence-electron chi connectivity index (χ1n) is 9.46. The Hall–Kier alpha value is -2.01. The highest BCUT2D eigenvalue weighted by atomic mass is 16.2. The molecule has 2 aromatic rings. The van der Waals surface area contributed by atoms with Crippen LogP contribution < -0.4 is 5.32 Å². The van der Waals surface area contributed by atoms with Gasteiger partial charge >= 0.3 is 6.03 Å². The molecule has 1 aromatic heterocycles. The maximum atomic E-state index is 12.5. The van der Waals surface area contributed by atoms with Crippen LogP contribution in [0.2, 0.25) is 0 Å². The number of H-pyrrole nitrogens is 1. The number of fused-ring (bicyclic) bond motifs is 2. The van der Waals surface area contributed by atoms with Gasteiger partial charge in [0.2, 0.25) is 0 Å². The number of nitrogens with zero attached hydrogens (tertiary/aromatic N) is 2. The first kappa shape index (κ1) is 16.5. The zero-order valence-electron chi connectivity index (χ0n) is 15.4. The smallest absolute Gasteiger partial charge is 0.317 e. The van der Waals surface area contributed by atoms with E-state index in [-0.39, 0.29) is 12.1 Å². The molecule has 0 spiro atoms. The van der Waals surface area contributed by atoms with Gasteiger partial charge in [-0.05, 0) is 50.9 Å². The van der Waals surface area contributed by atoms with Crippen molar-refractivity contribution >= 4 is 16.9 Å². The van der Waals surface area contributed by atoms with Crippen molar-refractivity contribution in [3.05, 3.63) is 35.5 Å². The van der Waals surface area contributed by atoms with Crippen molar-refractivity contribution in [1.82, 2.24) is 20.1 Å². The van der Waals surface area contributed by atoms with Crippen LogP contribution in [0.1, 0.15) is 37.3 Å². The Morgan fingerprint density at radius 3 is 2.92 bits per heavy atom. The molecule has 3 atom stereocenters. The Kier molecular flexibility index (Phi) is 4.20. The van der Waals surface area contributed by atoms with E-state index in [1.165, 1.54) is 22.0 Å². The molecule has 2 aliphatic rings. The van der Waals surface area contributed by atoms with Gasteiger partial charge in [0.05, 0.1) is 0 Å². The van der Waals surface area contributed by atoms with Gasteiger partial charge in [0.25, 0.3) is 0 Å². The minimum atomic E-state index is 0.0678. The van der Waals surface area contributed by atoms with Crippen molar-refractivity contribution < 1.29 is 4.79 Å². The van der Waals surface area contributed by atoms with E-state index in [9.17, 15) is 4.79 Å². The molecule has 4 rings (SSSR count). The van der Waals surface area contributed by atoms with Gasteiger partial charge in [0.15, 0.2) is 0 Å². The van der Waals surface area contributed by atoms with E-state index in [1.807, 2.05) is 18.7 Å². The molecule has 1 aliphatic carbocycles. The van der Waals surface area contributed by atoms with Crippen LogP contribution in [-0.2, 0) is 6.42 Å². The number of amides is 2. The molecule has 0 saturated carbocycles. The van der Waals surface area contributed by atoms with Crippen molar-refractivity contribution in [2.75, 3.05) is 26.7 Å². The van der Waals surface area contributed by atoms with E-state index in [1.54, 1.807) is 0 Å². The average molecular weight is 340 g/mol. The van der Waals surface area contributed by atoms with Gasteiger partial charge in [-0.2, -0.15) is 0 Å². The third-order valence-electron chi connectivity index (χ3n) is 6.10. The monoisotopic (exact) mass is 340 g/mol. The van der Waals surface area contributed by atoms with E-state index >= 15 is 0 Å². The topological polar surface area (TPSA) is 51.4 Å². The molecule has 134 valence electrons. The number of carbonyl (C=O) groups excluding carboxylic acids is 1. The van der Waals surface area contributed by atoms with Gasteiger partial charge in [-0.3, -0.25) is 0 Å². The molecule has 1 aromatic carbocycles. The van der Waals surface area contributed by atoms with E-state index in [2.05, 4.69) is 46.6 Å². The summed E-state index contributed by atoms with van der Waals surface area (Å²) in [7, 11) is 2.20. The molecular weight excluding hydrogens is 312 g/mol. The van der Waals surface area contributed by atoms with E-state index in [0.29, 0.717) is 12.0 Å². The fourth-order valence-corrected chi connectivity index (χ4v) is 4.82. The predicted molar refractivity (Wildman–Crippen MR) is 101 cm³/mol. The summed E-state index contributed by atoms with van der Waals surface area (Å²) in [6.07, 6.45) is 4.28. The van der Waals surface area contributed by atoms with Gasteiger partial charge in [-0.15, -0.1) is 0 Å². The van der Waals surface area contributed by atoms with Crippen molar-refractivity contribution in [3.63, 3.8) is 0 Å². The lowest BCUT2D eigenvalue weighted by Crippen LogP contribution is -2.56. The Morgan fingerprint density at radius 2 is 2.16 bits per heavy atom. The molecule has 1 fully saturated rings. The average Bonchev–Trinajstić information content (AvgIpc) is 3.02. The summed E-state index contributed by atoms with van der Waals surface area (Å²) < 4.78 is 0. The summed E-state index contributed by atoms with van der Waals surface area (Å²) in [4.78, 5) is 20.2. The molecule has 2 N–H and O–H groups in total. The van der Waals surface area contributed by atoms with Crippen LogP contribution in [0.4, 0.5) is 4.79 Å². The quantitative estimate of drug-likeness (QED) is 0.903. The number of rotatable bonds is 3. The number of carbonyl (C=O) groups is 1. The van der Waals surface area contributed by atoms with Gasteiger partial charge in [0.1, 0.15) is 0 Å². The fourth-order valence-electron chi connectivity index (χ4n) is 4.82. The molecule has 5 heteroatoms. The largest absolute Gasteiger partial charge is 0.361 e. The molecule has 0 bridgehead atoms. The highest BCUT2D eigenvalue weighted by molar-refractivity contribution is 5.88. The number of benzene rings is 1. The maximum Gasteiger partial charge on any atom is 0.317 e. The van der Waals surface area contributed by atoms with Crippen LogP contribution in [-0.4, -0.2) is 59.6 Å². The number of hydrogen-bond donors (Lipinski definition) is 2. The lowest BCUT2D eigenvalue weighted by Gasteiger charge is -2.45. The Bertz CT molecular complexity index is 779. The van der Waals surface area contributed by atoms with Crippen LogP contribution >= 0.6 is 0 Å². The first-order chi connectivity index (χ1) is 12.1. The minimum Gasteiger partial charge on any atom is -0.361 e. The highest BCUT2D eigenvalue weighted by Gasteiger charge is 2.39. The number of urea groups is 1. The standard InChI is InChI=1S/C20H28N4O/c1-4-24(5-2)20(25)22-14-10-16-15-7-6-8-17-19(15)13(11-21-17)9-18(16)23(3)12-14/h6-8,11,14,16,18,21H,4-5,9-10,12H2,1-3H3,(H,22,25)/t14-,16?,18+/m0/s1. The molecule has 5 nitrogen and oxygen atoms in total. The summed E-state index contributed by atoms with van der Waals surface area (Å²) in [5, 5.41) is 4.68. The third kappa shape index (κ3) is 2.71. The van der Waals surface area contributed by atoms with Crippen LogP contribution in [0.3, 0.4) is 0 Å². The van der Waals surface area contributed by atoms with Gasteiger partial charge in [-0.1, -0.05) is 12.1 Å². The summed E-state index contributed by atoms with van der Waals surface area (Å²) in [6, 6.07) is 7.38. The zero-order chi connectivity index (χ0) is 17.6. The lowest BCUT2D eigenvalue weighted by atomic mass is 9.74. The number of piperidine rings is 1. The summed E-state index contributed by atoms with van der Waals surface area (Å²) in [6.45, 7) is 6.48. The maximum absolute atomic E-state index is 12.5. The Morgan fingerprint density at radius 1 is 1.36 bits per heavy atom. The molecule has 2 heterocycles. The van der Waals surface area contributed by atoms with Gasteiger partial charge in [0, 0.05) is 54.7 Å². The number of hydrogen-bond acceptors (Lipinski definition) is 2. The number of likely N-dealkylation sites (N-methyl/N-ethyl adjacent to an activating group) is 1. The zero-order valence-corrected chi connectivity index (χ0v) is 15.4. The predicted octanol–water partition coefficient (Wildman–Crippen LogP) is 2.93. The summed E-state index contributed by atoms with van der Waals surface area (Å²) >= 11 is 0. The number of aromatic amines is 1. The fraction of sp³-hybridized carbons (Fsp3) is 0.550. The number of likely N-dealkylation sites (tertiary alicyclic amines) is 1. The van der Waals surface area contributed by atoms with Crippen LogP contribution in [0, 0.1) is 0 Å². The highest BCUT2D eigenvalue weighted by Crippen LogP contribution is 2.42. The van der Waals surface area contributed by atoms with Crippen molar-refractivity contribution in [1.29, 1.82) is 0 Å². The van der Waals surface area contributed by atoms with E-state index < -0.39 is 0 Å². The second kappa shape index (κ2) is 6.37. The molecule has 2 amide bonds. The van der Waals surface area contributed by atoms with Crippen molar-refractivity contribution in [3.8, 4) is 0 Å². The Balaban J connectivity index is 1.60. The molecule has 1 unspecified atom stereocenters. The molecule has 1 aliphatic heterocycles. The minimum absolute atomic E-state index is 0.0678. The van der Waals surface area contributed by atoms with Crippen LogP contribution in [0.5, 0.6) is 0 Å². The van der Waals surface area contributed by atoms with E-state index in [4.69, 9.17) is 0 Å². The van der Waals surface area contributed by atoms with Crippen molar-refractivity contribution in [2.45, 2.75) is 44.7 Å². The first-order valence-corrected chi connectivity index (χ1v) is 9.46. The normalized spacial score (nSPS) is 25.6.